The number of aliphatic carboxylic acids is 1. The average molecular weight is 221 g/mol. The lowest BCUT2D eigenvalue weighted by Crippen LogP contribution is -2.11. The minimum atomic E-state index is -4.65. The van der Waals surface area contributed by atoms with E-state index in [-0.39, 0.29) is 0 Å². The van der Waals surface area contributed by atoms with Crippen molar-refractivity contribution in [1.82, 2.24) is 4.98 Å². The standard InChI is InChI=1S/C8H6F3NO3/c9-8(10,11)6-2-1-5(13)4(12-6)3-7(14)15/h1-2,13H,3H2,(H,14,15). The summed E-state index contributed by atoms with van der Waals surface area (Å²) >= 11 is 0. The van der Waals surface area contributed by atoms with Crippen LogP contribution in [0.4, 0.5) is 13.2 Å². The zero-order chi connectivity index (χ0) is 11.6. The van der Waals surface area contributed by atoms with Crippen LogP contribution in [0.15, 0.2) is 12.1 Å². The normalized spacial score (nSPS) is 11.4. The van der Waals surface area contributed by atoms with Crippen LogP contribution in [0, 0.1) is 0 Å². The lowest BCUT2D eigenvalue weighted by molar-refractivity contribution is -0.142. The summed E-state index contributed by atoms with van der Waals surface area (Å²) < 4.78 is 36.4. The Morgan fingerprint density at radius 1 is 1.40 bits per heavy atom. The van der Waals surface area contributed by atoms with Gasteiger partial charge in [-0.1, -0.05) is 0 Å². The molecule has 0 aromatic carbocycles. The fourth-order valence-corrected chi connectivity index (χ4v) is 0.925. The van der Waals surface area contributed by atoms with Crippen LogP contribution in [0.25, 0.3) is 0 Å². The number of carbonyl (C=O) groups is 1. The van der Waals surface area contributed by atoms with Crippen LogP contribution in [0.1, 0.15) is 11.4 Å². The van der Waals surface area contributed by atoms with Gasteiger partial charge in [0.25, 0.3) is 0 Å². The van der Waals surface area contributed by atoms with E-state index in [1.165, 1.54) is 0 Å². The topological polar surface area (TPSA) is 70.4 Å². The van der Waals surface area contributed by atoms with Gasteiger partial charge >= 0.3 is 12.1 Å². The van der Waals surface area contributed by atoms with Gasteiger partial charge in [0, 0.05) is 0 Å². The molecule has 7 heteroatoms. The van der Waals surface area contributed by atoms with Crippen LogP contribution in [0.5, 0.6) is 5.75 Å². The number of alkyl halides is 3. The van der Waals surface area contributed by atoms with Gasteiger partial charge in [-0.05, 0) is 12.1 Å². The number of pyridine rings is 1. The predicted molar refractivity (Wildman–Crippen MR) is 42.2 cm³/mol. The summed E-state index contributed by atoms with van der Waals surface area (Å²) in [6.45, 7) is 0. The van der Waals surface area contributed by atoms with Gasteiger partial charge in [-0.15, -0.1) is 0 Å². The first-order chi connectivity index (χ1) is 6.80. The maximum Gasteiger partial charge on any atom is 0.433 e. The number of halogens is 3. The molecule has 1 heterocycles. The van der Waals surface area contributed by atoms with Crippen molar-refractivity contribution in [3.05, 3.63) is 23.5 Å². The minimum Gasteiger partial charge on any atom is -0.506 e. The number of nitrogens with zero attached hydrogens (tertiary/aromatic N) is 1. The summed E-state index contributed by atoms with van der Waals surface area (Å²) in [7, 11) is 0. The van der Waals surface area contributed by atoms with Gasteiger partial charge in [-0.3, -0.25) is 4.79 Å². The smallest absolute Gasteiger partial charge is 0.433 e. The molecule has 0 fully saturated rings. The van der Waals surface area contributed by atoms with Crippen molar-refractivity contribution in [3.8, 4) is 5.75 Å². The lowest BCUT2D eigenvalue weighted by atomic mass is 10.2. The van der Waals surface area contributed by atoms with Crippen molar-refractivity contribution in [3.63, 3.8) is 0 Å². The number of aromatic hydroxyl groups is 1. The van der Waals surface area contributed by atoms with Gasteiger partial charge in [0.05, 0.1) is 12.1 Å². The number of hydrogen-bond donors (Lipinski definition) is 2. The first kappa shape index (κ1) is 11.3. The van der Waals surface area contributed by atoms with E-state index in [1.54, 1.807) is 0 Å². The molecule has 82 valence electrons. The maximum atomic E-state index is 12.1. The van der Waals surface area contributed by atoms with Crippen molar-refractivity contribution in [1.29, 1.82) is 0 Å². The van der Waals surface area contributed by atoms with Crippen molar-refractivity contribution in [2.24, 2.45) is 0 Å². The lowest BCUT2D eigenvalue weighted by Gasteiger charge is -2.07. The maximum absolute atomic E-state index is 12.1. The highest BCUT2D eigenvalue weighted by Gasteiger charge is 2.33. The molecule has 0 amide bonds. The van der Waals surface area contributed by atoms with Gasteiger partial charge in [-0.25, -0.2) is 4.98 Å². The molecule has 1 aromatic heterocycles. The van der Waals surface area contributed by atoms with Gasteiger partial charge < -0.3 is 10.2 Å². The van der Waals surface area contributed by atoms with Gasteiger partial charge in [0.15, 0.2) is 0 Å². The Morgan fingerprint density at radius 2 is 2.00 bits per heavy atom. The van der Waals surface area contributed by atoms with E-state index >= 15 is 0 Å². The fraction of sp³-hybridized carbons (Fsp3) is 0.250. The molecule has 0 aliphatic carbocycles. The summed E-state index contributed by atoms with van der Waals surface area (Å²) in [4.78, 5) is 13.3. The van der Waals surface area contributed by atoms with E-state index < -0.39 is 35.7 Å². The van der Waals surface area contributed by atoms with Crippen LogP contribution in [0.3, 0.4) is 0 Å². The Kier molecular flexibility index (Phi) is 2.83. The van der Waals surface area contributed by atoms with Gasteiger partial charge in [0.2, 0.25) is 0 Å². The molecule has 2 N–H and O–H groups in total. The Bertz CT molecular complexity index is 389. The SMILES string of the molecule is O=C(O)Cc1nc(C(F)(F)F)ccc1O. The summed E-state index contributed by atoms with van der Waals surface area (Å²) in [5.74, 6) is -1.93. The molecule has 0 unspecified atom stereocenters. The van der Waals surface area contributed by atoms with E-state index in [0.29, 0.717) is 6.07 Å². The summed E-state index contributed by atoms with van der Waals surface area (Å²) in [5, 5.41) is 17.4. The third kappa shape index (κ3) is 2.83. The first-order valence-corrected chi connectivity index (χ1v) is 3.78. The van der Waals surface area contributed by atoms with Crippen molar-refractivity contribution in [2.75, 3.05) is 0 Å². The van der Waals surface area contributed by atoms with Crippen LogP contribution < -0.4 is 0 Å². The fourth-order valence-electron chi connectivity index (χ4n) is 0.925. The van der Waals surface area contributed by atoms with Crippen LogP contribution >= 0.6 is 0 Å². The molecule has 0 spiro atoms. The number of hydrogen-bond acceptors (Lipinski definition) is 3. The highest BCUT2D eigenvalue weighted by molar-refractivity contribution is 5.70. The monoisotopic (exact) mass is 221 g/mol. The molecule has 0 saturated carbocycles. The van der Waals surface area contributed by atoms with E-state index in [9.17, 15) is 18.0 Å². The molecule has 0 radical (unpaired) electrons. The molecule has 0 aliphatic heterocycles. The predicted octanol–water partition coefficient (Wildman–Crippen LogP) is 1.43. The molecule has 15 heavy (non-hydrogen) atoms. The number of carboxylic acid groups (broad SMARTS) is 1. The van der Waals surface area contributed by atoms with Crippen molar-refractivity contribution < 1.29 is 28.2 Å². The zero-order valence-electron chi connectivity index (χ0n) is 7.25. The summed E-state index contributed by atoms with van der Waals surface area (Å²) in [6.07, 6.45) is -5.41. The second-order valence-corrected chi connectivity index (χ2v) is 2.73. The Balaban J connectivity index is 3.11. The summed E-state index contributed by atoms with van der Waals surface area (Å²) in [5.41, 5.74) is -1.73. The largest absolute Gasteiger partial charge is 0.506 e. The number of carboxylic acids is 1. The number of aromatic nitrogens is 1. The van der Waals surface area contributed by atoms with Crippen LogP contribution in [0.2, 0.25) is 0 Å². The van der Waals surface area contributed by atoms with Crippen LogP contribution in [-0.2, 0) is 17.4 Å². The van der Waals surface area contributed by atoms with E-state index in [1.807, 2.05) is 0 Å². The molecule has 0 saturated heterocycles. The minimum absolute atomic E-state index is 0.502. The third-order valence-electron chi connectivity index (χ3n) is 1.56. The molecule has 0 aliphatic rings. The van der Waals surface area contributed by atoms with Gasteiger partial charge in [-0.2, -0.15) is 13.2 Å². The van der Waals surface area contributed by atoms with Crippen LogP contribution in [-0.4, -0.2) is 21.2 Å². The van der Waals surface area contributed by atoms with Crippen molar-refractivity contribution in [2.45, 2.75) is 12.6 Å². The molecule has 1 rings (SSSR count). The molecule has 4 nitrogen and oxygen atoms in total. The highest BCUT2D eigenvalue weighted by atomic mass is 19.4. The number of rotatable bonds is 2. The second kappa shape index (κ2) is 3.76. The Labute approximate surface area is 82.0 Å². The third-order valence-corrected chi connectivity index (χ3v) is 1.56. The van der Waals surface area contributed by atoms with E-state index in [2.05, 4.69) is 4.98 Å². The highest BCUT2D eigenvalue weighted by Crippen LogP contribution is 2.29. The molecule has 0 bridgehead atoms. The average Bonchev–Trinajstić information content (AvgIpc) is 2.06. The first-order valence-electron chi connectivity index (χ1n) is 3.78. The van der Waals surface area contributed by atoms with E-state index in [0.717, 1.165) is 6.07 Å². The molecule has 0 atom stereocenters. The van der Waals surface area contributed by atoms with Gasteiger partial charge in [0.1, 0.15) is 11.4 Å². The molecular weight excluding hydrogens is 215 g/mol. The Hall–Kier alpha value is -1.79. The molecular formula is C8H6F3NO3. The Morgan fingerprint density at radius 3 is 2.47 bits per heavy atom. The van der Waals surface area contributed by atoms with Crippen molar-refractivity contribution >= 4 is 5.97 Å². The summed E-state index contributed by atoms with van der Waals surface area (Å²) in [6, 6.07) is 1.36. The second-order valence-electron chi connectivity index (χ2n) is 2.73. The zero-order valence-corrected chi connectivity index (χ0v) is 7.25. The molecule has 1 aromatic rings. The quantitative estimate of drug-likeness (QED) is 0.792. The van der Waals surface area contributed by atoms with E-state index in [4.69, 9.17) is 10.2 Å².